The number of nitrogens with zero attached hydrogens (tertiary/aromatic N) is 6. The standard InChI is InChI=1S/C26H29N7OS/c1-15-30-23(35-32-15)19-9-8-18(34-6)11-20(19)22-31-26(5)12-16(17-13-28-24(27)29-14-17)7-10-21(26)33(22)25(2,3)4/h7-11,13-14H,12H2,1-6H3,(H2,27,28,29). The summed E-state index contributed by atoms with van der Waals surface area (Å²) in [6.07, 6.45) is 8.58. The molecule has 0 fully saturated rings. The topological polar surface area (TPSA) is 102 Å². The fraction of sp³-hybridized carbons (Fsp3) is 0.346. The number of benzene rings is 1. The molecule has 9 heteroatoms. The van der Waals surface area contributed by atoms with Crippen LogP contribution in [-0.4, -0.2) is 48.2 Å². The van der Waals surface area contributed by atoms with Gasteiger partial charge in [-0.2, -0.15) is 4.37 Å². The lowest BCUT2D eigenvalue weighted by molar-refractivity contribution is 0.277. The van der Waals surface area contributed by atoms with E-state index in [9.17, 15) is 0 Å². The van der Waals surface area contributed by atoms with Crippen molar-refractivity contribution < 1.29 is 4.74 Å². The lowest BCUT2D eigenvalue weighted by Gasteiger charge is -2.40. The van der Waals surface area contributed by atoms with Gasteiger partial charge < -0.3 is 15.4 Å². The molecular weight excluding hydrogens is 458 g/mol. The van der Waals surface area contributed by atoms with Crippen molar-refractivity contribution in [1.82, 2.24) is 24.2 Å². The van der Waals surface area contributed by atoms with E-state index in [-0.39, 0.29) is 11.5 Å². The maximum absolute atomic E-state index is 5.70. The average molecular weight is 488 g/mol. The van der Waals surface area contributed by atoms with Crippen LogP contribution in [0.2, 0.25) is 0 Å². The predicted octanol–water partition coefficient (Wildman–Crippen LogP) is 4.88. The SMILES string of the molecule is COc1ccc(-c2nc(C)ns2)c(C2=NC3(C)CC(c4cnc(N)nc4)=CC=C3N2C(C)(C)C)c1. The van der Waals surface area contributed by atoms with Crippen LogP contribution in [0.1, 0.15) is 51.1 Å². The van der Waals surface area contributed by atoms with E-state index in [1.165, 1.54) is 11.5 Å². The van der Waals surface area contributed by atoms with Gasteiger partial charge in [-0.05, 0) is 76.0 Å². The van der Waals surface area contributed by atoms with E-state index in [4.69, 9.17) is 15.5 Å². The molecule has 3 heterocycles. The molecule has 1 unspecified atom stereocenters. The first-order chi connectivity index (χ1) is 16.6. The highest BCUT2D eigenvalue weighted by Gasteiger charge is 2.47. The van der Waals surface area contributed by atoms with Crippen LogP contribution in [0.25, 0.3) is 16.1 Å². The Kier molecular flexibility index (Phi) is 5.47. The van der Waals surface area contributed by atoms with Crippen molar-refractivity contribution in [2.45, 2.75) is 52.1 Å². The van der Waals surface area contributed by atoms with Gasteiger partial charge in [0.1, 0.15) is 28.0 Å². The molecule has 0 saturated carbocycles. The Morgan fingerprint density at radius 3 is 2.49 bits per heavy atom. The molecule has 3 aromatic rings. The second-order valence-corrected chi connectivity index (χ2v) is 10.8. The molecule has 180 valence electrons. The minimum absolute atomic E-state index is 0.213. The highest BCUT2D eigenvalue weighted by Crippen LogP contribution is 2.47. The van der Waals surface area contributed by atoms with Gasteiger partial charge >= 0.3 is 0 Å². The molecule has 2 aliphatic rings. The largest absolute Gasteiger partial charge is 0.497 e. The molecule has 2 aromatic heterocycles. The zero-order valence-electron chi connectivity index (χ0n) is 20.8. The molecule has 2 N–H and O–H groups in total. The highest BCUT2D eigenvalue weighted by atomic mass is 32.1. The first kappa shape index (κ1) is 23.2. The van der Waals surface area contributed by atoms with Crippen molar-refractivity contribution >= 4 is 28.9 Å². The minimum atomic E-state index is -0.453. The third kappa shape index (κ3) is 4.10. The Hall–Kier alpha value is -3.59. The third-order valence-corrected chi connectivity index (χ3v) is 7.11. The van der Waals surface area contributed by atoms with Gasteiger partial charge in [0, 0.05) is 46.7 Å². The number of allylic oxidation sites excluding steroid dienone is 2. The molecular formula is C26H29N7OS. The molecule has 1 atom stereocenters. The number of aryl methyl sites for hydroxylation is 1. The Labute approximate surface area is 209 Å². The van der Waals surface area contributed by atoms with E-state index in [2.05, 4.69) is 64.1 Å². The summed E-state index contributed by atoms with van der Waals surface area (Å²) in [5.41, 5.74) is 10.2. The maximum atomic E-state index is 5.70. The second kappa shape index (κ2) is 8.27. The van der Waals surface area contributed by atoms with Crippen molar-refractivity contribution in [2.24, 2.45) is 4.99 Å². The number of anilines is 1. The minimum Gasteiger partial charge on any atom is -0.497 e. The fourth-order valence-corrected chi connectivity index (χ4v) is 5.39. The first-order valence-electron chi connectivity index (χ1n) is 11.5. The molecule has 5 rings (SSSR count). The van der Waals surface area contributed by atoms with Gasteiger partial charge in [-0.3, -0.25) is 4.99 Å². The normalized spacial score (nSPS) is 19.7. The van der Waals surface area contributed by atoms with Gasteiger partial charge in [0.2, 0.25) is 5.95 Å². The summed E-state index contributed by atoms with van der Waals surface area (Å²) in [4.78, 5) is 20.8. The molecule has 1 aromatic carbocycles. The molecule has 0 spiro atoms. The van der Waals surface area contributed by atoms with Crippen LogP contribution in [-0.2, 0) is 0 Å². The molecule has 0 bridgehead atoms. The van der Waals surface area contributed by atoms with Crippen LogP contribution in [0.3, 0.4) is 0 Å². The molecule has 1 aliphatic heterocycles. The summed E-state index contributed by atoms with van der Waals surface area (Å²) in [5, 5.41) is 0.864. The van der Waals surface area contributed by atoms with E-state index >= 15 is 0 Å². The Morgan fingerprint density at radius 1 is 1.11 bits per heavy atom. The van der Waals surface area contributed by atoms with Gasteiger partial charge in [-0.25, -0.2) is 15.0 Å². The number of methoxy groups -OCH3 is 1. The van der Waals surface area contributed by atoms with E-state index in [0.717, 1.165) is 56.8 Å². The Morgan fingerprint density at radius 2 is 1.86 bits per heavy atom. The third-order valence-electron chi connectivity index (χ3n) is 6.27. The maximum Gasteiger partial charge on any atom is 0.219 e. The van der Waals surface area contributed by atoms with Gasteiger partial charge in [0.05, 0.1) is 7.11 Å². The second-order valence-electron chi connectivity index (χ2n) is 10.0. The molecule has 35 heavy (non-hydrogen) atoms. The predicted molar refractivity (Wildman–Crippen MR) is 140 cm³/mol. The van der Waals surface area contributed by atoms with Crippen LogP contribution in [0.5, 0.6) is 5.75 Å². The Bertz CT molecular complexity index is 1380. The number of aliphatic imine (C=N–C) groups is 1. The molecule has 1 aliphatic carbocycles. The van der Waals surface area contributed by atoms with Crippen molar-refractivity contribution in [3.05, 3.63) is 65.4 Å². The first-order valence-corrected chi connectivity index (χ1v) is 12.2. The van der Waals surface area contributed by atoms with Gasteiger partial charge in [-0.15, -0.1) is 0 Å². The number of rotatable bonds is 4. The van der Waals surface area contributed by atoms with E-state index in [1.54, 1.807) is 19.5 Å². The van der Waals surface area contributed by atoms with E-state index in [0.29, 0.717) is 0 Å². The van der Waals surface area contributed by atoms with Crippen LogP contribution in [0.4, 0.5) is 5.95 Å². The number of amidine groups is 1. The average Bonchev–Trinajstić information content (AvgIpc) is 3.38. The number of hydrogen-bond acceptors (Lipinski definition) is 9. The summed E-state index contributed by atoms with van der Waals surface area (Å²) < 4.78 is 10.0. The van der Waals surface area contributed by atoms with Crippen LogP contribution in [0, 0.1) is 6.92 Å². The lowest BCUT2D eigenvalue weighted by atomic mass is 9.83. The van der Waals surface area contributed by atoms with Gasteiger partial charge in [-0.1, -0.05) is 6.08 Å². The number of aromatic nitrogens is 4. The number of hydrogen-bond donors (Lipinski definition) is 1. The number of nitrogens with two attached hydrogens (primary N) is 1. The summed E-state index contributed by atoms with van der Waals surface area (Å²) in [5.74, 6) is 2.70. The van der Waals surface area contributed by atoms with Crippen LogP contribution >= 0.6 is 11.5 Å². The van der Waals surface area contributed by atoms with Crippen molar-refractivity contribution in [1.29, 1.82) is 0 Å². The van der Waals surface area contributed by atoms with Gasteiger partial charge in [0.25, 0.3) is 0 Å². The monoisotopic (exact) mass is 487 g/mol. The van der Waals surface area contributed by atoms with Crippen LogP contribution in [0.15, 0.2) is 53.4 Å². The van der Waals surface area contributed by atoms with E-state index in [1.807, 2.05) is 25.1 Å². The zero-order valence-corrected chi connectivity index (χ0v) is 21.6. The summed E-state index contributed by atoms with van der Waals surface area (Å²) in [6, 6.07) is 6.06. The van der Waals surface area contributed by atoms with E-state index < -0.39 is 5.54 Å². The van der Waals surface area contributed by atoms with Gasteiger partial charge in [0.15, 0.2) is 0 Å². The number of fused-ring (bicyclic) bond motifs is 1. The summed E-state index contributed by atoms with van der Waals surface area (Å²) in [6.45, 7) is 10.7. The smallest absolute Gasteiger partial charge is 0.219 e. The number of nitrogen functional groups attached to an aromatic ring is 1. The Balaban J connectivity index is 1.67. The van der Waals surface area contributed by atoms with Crippen molar-refractivity contribution in [3.8, 4) is 16.3 Å². The molecule has 0 radical (unpaired) electrons. The fourth-order valence-electron chi connectivity index (χ4n) is 4.68. The number of ether oxygens (including phenoxy) is 1. The van der Waals surface area contributed by atoms with Crippen molar-refractivity contribution in [3.63, 3.8) is 0 Å². The molecule has 0 saturated heterocycles. The highest BCUT2D eigenvalue weighted by molar-refractivity contribution is 7.09. The summed E-state index contributed by atoms with van der Waals surface area (Å²) >= 11 is 1.40. The van der Waals surface area contributed by atoms with Crippen molar-refractivity contribution in [2.75, 3.05) is 12.8 Å². The summed E-state index contributed by atoms with van der Waals surface area (Å²) in [7, 11) is 1.68. The quantitative estimate of drug-likeness (QED) is 0.559. The molecule has 0 amide bonds. The lowest BCUT2D eigenvalue weighted by Crippen LogP contribution is -2.45. The molecule has 8 nitrogen and oxygen atoms in total. The zero-order chi connectivity index (χ0) is 25.0. The van der Waals surface area contributed by atoms with Crippen LogP contribution < -0.4 is 10.5 Å².